The Kier molecular flexibility index (Phi) is 3.57. The van der Waals surface area contributed by atoms with Crippen molar-refractivity contribution >= 4 is 6.09 Å². The third-order valence-corrected chi connectivity index (χ3v) is 2.56. The van der Waals surface area contributed by atoms with E-state index in [1.54, 1.807) is 0 Å². The number of amides is 1. The monoisotopic (exact) mass is 249 g/mol. The van der Waals surface area contributed by atoms with Gasteiger partial charge in [-0.3, -0.25) is 0 Å². The third kappa shape index (κ3) is 3.74. The van der Waals surface area contributed by atoms with Gasteiger partial charge in [-0.1, -0.05) is 30.3 Å². The van der Waals surface area contributed by atoms with E-state index in [9.17, 15) is 4.79 Å². The molecule has 1 aromatic carbocycles. The first-order chi connectivity index (χ1) is 8.46. The zero-order chi connectivity index (χ0) is 13.2. The molecule has 1 saturated heterocycles. The highest BCUT2D eigenvalue weighted by Gasteiger charge is 2.40. The van der Waals surface area contributed by atoms with E-state index in [1.165, 1.54) is 0 Å². The van der Waals surface area contributed by atoms with E-state index in [2.05, 4.69) is 5.32 Å². The number of hydrogen-bond acceptors (Lipinski definition) is 3. The summed E-state index contributed by atoms with van der Waals surface area (Å²) in [6.07, 6.45) is -0.245. The molecule has 2 rings (SSSR count). The van der Waals surface area contributed by atoms with Gasteiger partial charge in [-0.25, -0.2) is 4.79 Å². The van der Waals surface area contributed by atoms with Crippen molar-refractivity contribution in [3.05, 3.63) is 35.9 Å². The van der Waals surface area contributed by atoms with Gasteiger partial charge in [0, 0.05) is 0 Å². The Morgan fingerprint density at radius 3 is 2.61 bits per heavy atom. The molecule has 1 heterocycles. The summed E-state index contributed by atoms with van der Waals surface area (Å²) in [5, 5.41) is 2.71. The van der Waals surface area contributed by atoms with Crippen molar-refractivity contribution < 1.29 is 14.3 Å². The summed E-state index contributed by atoms with van der Waals surface area (Å²) in [5.41, 5.74) is 0.682. The van der Waals surface area contributed by atoms with Crippen molar-refractivity contribution in [1.29, 1.82) is 0 Å². The van der Waals surface area contributed by atoms with Crippen molar-refractivity contribution in [2.75, 3.05) is 6.54 Å². The highest BCUT2D eigenvalue weighted by atomic mass is 16.6. The molecule has 4 heteroatoms. The second-order valence-electron chi connectivity index (χ2n) is 5.39. The van der Waals surface area contributed by atoms with Crippen LogP contribution in [0.2, 0.25) is 0 Å². The van der Waals surface area contributed by atoms with Crippen molar-refractivity contribution in [2.24, 2.45) is 0 Å². The average molecular weight is 249 g/mol. The van der Waals surface area contributed by atoms with Gasteiger partial charge in [0.05, 0.1) is 6.54 Å². The van der Waals surface area contributed by atoms with Crippen LogP contribution in [0.5, 0.6) is 0 Å². The smallest absolute Gasteiger partial charge is 0.407 e. The standard InChI is InChI=1S/C14H19NO3/c1-14(2,3)18-13(16)15-9-11-12(17-11)10-7-5-4-6-8-10/h4-8,11-12H,9H2,1-3H3,(H,15,16). The Morgan fingerprint density at radius 1 is 1.33 bits per heavy atom. The van der Waals surface area contributed by atoms with Gasteiger partial charge in [-0.15, -0.1) is 0 Å². The molecule has 18 heavy (non-hydrogen) atoms. The maximum Gasteiger partial charge on any atom is 0.407 e. The summed E-state index contributed by atoms with van der Waals surface area (Å²) in [6.45, 7) is 6.00. The molecule has 2 unspecified atom stereocenters. The molecule has 0 aliphatic carbocycles. The predicted octanol–water partition coefficient (Wildman–Crippen LogP) is 2.65. The van der Waals surface area contributed by atoms with Crippen LogP contribution in [-0.4, -0.2) is 24.3 Å². The molecule has 0 saturated carbocycles. The molecule has 1 amide bonds. The van der Waals surface area contributed by atoms with E-state index in [-0.39, 0.29) is 12.2 Å². The number of epoxide rings is 1. The molecule has 1 N–H and O–H groups in total. The van der Waals surface area contributed by atoms with E-state index >= 15 is 0 Å². The summed E-state index contributed by atoms with van der Waals surface area (Å²) in [6, 6.07) is 9.99. The predicted molar refractivity (Wildman–Crippen MR) is 68.3 cm³/mol. The van der Waals surface area contributed by atoms with E-state index < -0.39 is 11.7 Å². The van der Waals surface area contributed by atoms with Gasteiger partial charge >= 0.3 is 6.09 Å². The summed E-state index contributed by atoms with van der Waals surface area (Å²) < 4.78 is 10.7. The number of ether oxygens (including phenoxy) is 2. The summed E-state index contributed by atoms with van der Waals surface area (Å²) in [7, 11) is 0. The van der Waals surface area contributed by atoms with Gasteiger partial charge in [0.15, 0.2) is 0 Å². The van der Waals surface area contributed by atoms with Crippen molar-refractivity contribution in [3.63, 3.8) is 0 Å². The summed E-state index contributed by atoms with van der Waals surface area (Å²) in [4.78, 5) is 11.4. The van der Waals surface area contributed by atoms with E-state index in [4.69, 9.17) is 9.47 Å². The zero-order valence-electron chi connectivity index (χ0n) is 11.0. The van der Waals surface area contributed by atoms with Crippen LogP contribution < -0.4 is 5.32 Å². The lowest BCUT2D eigenvalue weighted by atomic mass is 10.1. The van der Waals surface area contributed by atoms with Crippen LogP contribution in [0, 0.1) is 0 Å². The maximum atomic E-state index is 11.4. The minimum Gasteiger partial charge on any atom is -0.444 e. The van der Waals surface area contributed by atoms with Crippen LogP contribution >= 0.6 is 0 Å². The largest absolute Gasteiger partial charge is 0.444 e. The Balaban J connectivity index is 1.73. The third-order valence-electron chi connectivity index (χ3n) is 2.56. The van der Waals surface area contributed by atoms with Crippen LogP contribution in [0.4, 0.5) is 4.79 Å². The number of carbonyl (C=O) groups is 1. The number of nitrogens with one attached hydrogen (secondary N) is 1. The Bertz CT molecular complexity index is 411. The first kappa shape index (κ1) is 12.9. The molecule has 1 fully saturated rings. The average Bonchev–Trinajstić information content (AvgIpc) is 3.05. The number of carbonyl (C=O) groups excluding carboxylic acids is 1. The molecule has 0 spiro atoms. The van der Waals surface area contributed by atoms with Crippen LogP contribution in [0.3, 0.4) is 0 Å². The molecular formula is C14H19NO3. The van der Waals surface area contributed by atoms with Gasteiger partial charge < -0.3 is 14.8 Å². The van der Waals surface area contributed by atoms with Crippen LogP contribution in [0.1, 0.15) is 32.4 Å². The number of alkyl carbamates (subject to hydrolysis) is 1. The highest BCUT2D eigenvalue weighted by molar-refractivity contribution is 5.67. The first-order valence-corrected chi connectivity index (χ1v) is 6.13. The number of rotatable bonds is 3. The molecule has 0 radical (unpaired) electrons. The minimum atomic E-state index is -0.465. The van der Waals surface area contributed by atoms with Crippen molar-refractivity contribution in [2.45, 2.75) is 38.6 Å². The molecule has 1 aliphatic rings. The first-order valence-electron chi connectivity index (χ1n) is 6.13. The second kappa shape index (κ2) is 4.98. The lowest BCUT2D eigenvalue weighted by Gasteiger charge is -2.19. The lowest BCUT2D eigenvalue weighted by molar-refractivity contribution is 0.0524. The topological polar surface area (TPSA) is 50.9 Å². The quantitative estimate of drug-likeness (QED) is 0.838. The molecule has 1 aromatic rings. The van der Waals surface area contributed by atoms with Gasteiger partial charge in [0.25, 0.3) is 0 Å². The Labute approximate surface area is 107 Å². The summed E-state index contributed by atoms with van der Waals surface area (Å²) in [5.74, 6) is 0. The molecule has 0 bridgehead atoms. The van der Waals surface area contributed by atoms with Crippen LogP contribution in [0.15, 0.2) is 30.3 Å². The molecule has 98 valence electrons. The fraction of sp³-hybridized carbons (Fsp3) is 0.500. The fourth-order valence-electron chi connectivity index (χ4n) is 1.73. The van der Waals surface area contributed by atoms with Gasteiger partial charge in [0.2, 0.25) is 0 Å². The van der Waals surface area contributed by atoms with Crippen LogP contribution in [-0.2, 0) is 9.47 Å². The molecule has 1 aliphatic heterocycles. The van der Waals surface area contributed by atoms with Crippen LogP contribution in [0.25, 0.3) is 0 Å². The fourth-order valence-corrected chi connectivity index (χ4v) is 1.73. The van der Waals surface area contributed by atoms with Gasteiger partial charge in [-0.05, 0) is 26.3 Å². The van der Waals surface area contributed by atoms with E-state index in [1.807, 2.05) is 51.1 Å². The SMILES string of the molecule is CC(C)(C)OC(=O)NCC1OC1c1ccccc1. The molecule has 4 nitrogen and oxygen atoms in total. The normalized spacial score (nSPS) is 22.4. The Hall–Kier alpha value is -1.55. The zero-order valence-corrected chi connectivity index (χ0v) is 11.0. The van der Waals surface area contributed by atoms with Gasteiger partial charge in [-0.2, -0.15) is 0 Å². The summed E-state index contributed by atoms with van der Waals surface area (Å²) >= 11 is 0. The van der Waals surface area contributed by atoms with E-state index in [0.29, 0.717) is 6.54 Å². The lowest BCUT2D eigenvalue weighted by Crippen LogP contribution is -2.34. The maximum absolute atomic E-state index is 11.4. The van der Waals surface area contributed by atoms with E-state index in [0.717, 1.165) is 5.56 Å². The number of benzene rings is 1. The van der Waals surface area contributed by atoms with Crippen molar-refractivity contribution in [1.82, 2.24) is 5.32 Å². The Morgan fingerprint density at radius 2 is 2.00 bits per heavy atom. The molecule has 2 atom stereocenters. The molecular weight excluding hydrogens is 230 g/mol. The van der Waals surface area contributed by atoms with Crippen molar-refractivity contribution in [3.8, 4) is 0 Å². The second-order valence-corrected chi connectivity index (χ2v) is 5.39. The minimum absolute atomic E-state index is 0.0555. The van der Waals surface area contributed by atoms with Gasteiger partial charge in [0.1, 0.15) is 17.8 Å². The highest BCUT2D eigenvalue weighted by Crippen LogP contribution is 2.37. The number of hydrogen-bond donors (Lipinski definition) is 1. The molecule has 0 aromatic heterocycles.